The monoisotopic (exact) mass is 397 g/mol. The van der Waals surface area contributed by atoms with Crippen LogP contribution in [0.2, 0.25) is 0 Å². The van der Waals surface area contributed by atoms with Gasteiger partial charge in [0, 0.05) is 18.9 Å². The van der Waals surface area contributed by atoms with Crippen molar-refractivity contribution in [2.75, 3.05) is 7.11 Å². The molecule has 3 aromatic carbocycles. The van der Waals surface area contributed by atoms with E-state index in [4.69, 9.17) is 4.74 Å². The average molecular weight is 397 g/mol. The van der Waals surface area contributed by atoms with Crippen LogP contribution >= 0.6 is 0 Å². The van der Waals surface area contributed by atoms with Gasteiger partial charge in [0.1, 0.15) is 5.75 Å². The van der Waals surface area contributed by atoms with Crippen LogP contribution in [-0.2, 0) is 6.54 Å². The lowest BCUT2D eigenvalue weighted by Crippen LogP contribution is -2.38. The quantitative estimate of drug-likeness (QED) is 0.490. The molecular weight excluding hydrogens is 374 g/mol. The number of nitrogens with one attached hydrogen (secondary N) is 2. The first kappa shape index (κ1) is 19.5. The molecule has 150 valence electrons. The molecular formula is C25H23N3O2. The van der Waals surface area contributed by atoms with E-state index in [0.717, 1.165) is 33.2 Å². The van der Waals surface area contributed by atoms with Gasteiger partial charge in [-0.2, -0.15) is 0 Å². The van der Waals surface area contributed by atoms with E-state index in [9.17, 15) is 4.79 Å². The summed E-state index contributed by atoms with van der Waals surface area (Å²) in [6, 6.07) is 25.3. The van der Waals surface area contributed by atoms with Crippen molar-refractivity contribution >= 4 is 16.8 Å². The first-order valence-electron chi connectivity index (χ1n) is 9.79. The summed E-state index contributed by atoms with van der Waals surface area (Å²) in [5.41, 5.74) is 3.02. The second-order valence-electron chi connectivity index (χ2n) is 7.00. The molecule has 0 saturated heterocycles. The third-order valence-electron chi connectivity index (χ3n) is 5.01. The minimum Gasteiger partial charge on any atom is -0.497 e. The normalized spacial score (nSPS) is 11.6. The standard InChI is InChI=1S/C25H23N3O2/c1-30-23-10-9-21-15-18(7-8-22(21)16-23)17-27-25(29)28-24(19-5-3-2-4-6-19)20-11-13-26-14-12-20/h2-16,24H,17H2,1H3,(H2,27,28,29). The minimum atomic E-state index is -0.252. The van der Waals surface area contributed by atoms with E-state index in [1.807, 2.05) is 72.8 Å². The van der Waals surface area contributed by atoms with Crippen molar-refractivity contribution in [3.63, 3.8) is 0 Å². The van der Waals surface area contributed by atoms with Crippen LogP contribution in [0.3, 0.4) is 0 Å². The summed E-state index contributed by atoms with van der Waals surface area (Å²) < 4.78 is 5.27. The smallest absolute Gasteiger partial charge is 0.315 e. The number of hydrogen-bond donors (Lipinski definition) is 2. The molecule has 5 nitrogen and oxygen atoms in total. The number of benzene rings is 3. The second-order valence-corrected chi connectivity index (χ2v) is 7.00. The minimum absolute atomic E-state index is 0.226. The van der Waals surface area contributed by atoms with Crippen molar-refractivity contribution in [1.82, 2.24) is 15.6 Å². The molecule has 0 spiro atoms. The molecule has 2 N–H and O–H groups in total. The molecule has 0 aliphatic carbocycles. The number of carbonyl (C=O) groups excluding carboxylic acids is 1. The number of amides is 2. The zero-order valence-corrected chi connectivity index (χ0v) is 16.7. The van der Waals surface area contributed by atoms with Gasteiger partial charge in [0.25, 0.3) is 0 Å². The van der Waals surface area contributed by atoms with E-state index in [1.54, 1.807) is 19.5 Å². The van der Waals surface area contributed by atoms with Gasteiger partial charge in [0.15, 0.2) is 0 Å². The van der Waals surface area contributed by atoms with Crippen LogP contribution in [0.15, 0.2) is 91.3 Å². The van der Waals surface area contributed by atoms with E-state index in [0.29, 0.717) is 6.54 Å². The number of hydrogen-bond acceptors (Lipinski definition) is 3. The van der Waals surface area contributed by atoms with E-state index in [1.165, 1.54) is 0 Å². The molecule has 0 fully saturated rings. The fraction of sp³-hybridized carbons (Fsp3) is 0.120. The Labute approximate surface area is 175 Å². The highest BCUT2D eigenvalue weighted by Crippen LogP contribution is 2.23. The van der Waals surface area contributed by atoms with Gasteiger partial charge in [0.2, 0.25) is 0 Å². The zero-order chi connectivity index (χ0) is 20.8. The summed E-state index contributed by atoms with van der Waals surface area (Å²) in [4.78, 5) is 16.7. The highest BCUT2D eigenvalue weighted by Gasteiger charge is 2.16. The number of methoxy groups -OCH3 is 1. The van der Waals surface area contributed by atoms with Crippen LogP contribution in [0.25, 0.3) is 10.8 Å². The molecule has 4 rings (SSSR count). The fourth-order valence-electron chi connectivity index (χ4n) is 3.44. The predicted molar refractivity (Wildman–Crippen MR) is 118 cm³/mol. The maximum atomic E-state index is 12.7. The summed E-state index contributed by atoms with van der Waals surface area (Å²) in [5.74, 6) is 0.829. The molecule has 0 bridgehead atoms. The number of urea groups is 1. The molecule has 2 amide bonds. The number of rotatable bonds is 6. The van der Waals surface area contributed by atoms with Crippen molar-refractivity contribution in [3.05, 3.63) is 108 Å². The molecule has 0 aliphatic rings. The predicted octanol–water partition coefficient (Wildman–Crippen LogP) is 4.83. The highest BCUT2D eigenvalue weighted by molar-refractivity contribution is 5.84. The Morgan fingerprint density at radius 3 is 2.37 bits per heavy atom. The van der Waals surface area contributed by atoms with Crippen LogP contribution in [0.1, 0.15) is 22.7 Å². The molecule has 30 heavy (non-hydrogen) atoms. The highest BCUT2D eigenvalue weighted by atomic mass is 16.5. The Kier molecular flexibility index (Phi) is 5.90. The van der Waals surface area contributed by atoms with Crippen LogP contribution in [0, 0.1) is 0 Å². The summed E-state index contributed by atoms with van der Waals surface area (Å²) in [6.07, 6.45) is 3.46. The Morgan fingerprint density at radius 1 is 0.900 bits per heavy atom. The van der Waals surface area contributed by atoms with Crippen LogP contribution in [0.5, 0.6) is 5.75 Å². The molecule has 1 unspecified atom stereocenters. The van der Waals surface area contributed by atoms with Gasteiger partial charge >= 0.3 is 6.03 Å². The van der Waals surface area contributed by atoms with Crippen molar-refractivity contribution < 1.29 is 9.53 Å². The van der Waals surface area contributed by atoms with Gasteiger partial charge in [-0.25, -0.2) is 4.79 Å². The molecule has 1 aromatic heterocycles. The first-order chi connectivity index (χ1) is 14.7. The van der Waals surface area contributed by atoms with Crippen LogP contribution in [0.4, 0.5) is 4.79 Å². The van der Waals surface area contributed by atoms with Gasteiger partial charge in [-0.1, -0.05) is 48.5 Å². The molecule has 4 aromatic rings. The lowest BCUT2D eigenvalue weighted by atomic mass is 10.00. The summed E-state index contributed by atoms with van der Waals surface area (Å²) in [5, 5.41) is 8.25. The molecule has 0 aliphatic heterocycles. The Hall–Kier alpha value is -3.86. The Bertz CT molecular complexity index is 1090. The van der Waals surface area contributed by atoms with E-state index in [-0.39, 0.29) is 12.1 Å². The zero-order valence-electron chi connectivity index (χ0n) is 16.7. The van der Waals surface area contributed by atoms with Crippen molar-refractivity contribution in [2.45, 2.75) is 12.6 Å². The molecule has 5 heteroatoms. The van der Waals surface area contributed by atoms with Crippen LogP contribution in [-0.4, -0.2) is 18.1 Å². The summed E-state index contributed by atoms with van der Waals surface area (Å²) in [7, 11) is 1.66. The lowest BCUT2D eigenvalue weighted by Gasteiger charge is -2.20. The SMILES string of the molecule is COc1ccc2cc(CNC(=O)NC(c3ccccc3)c3ccncc3)ccc2c1. The summed E-state index contributed by atoms with van der Waals surface area (Å²) >= 11 is 0. The second kappa shape index (κ2) is 9.09. The number of carbonyl (C=O) groups is 1. The fourth-order valence-corrected chi connectivity index (χ4v) is 3.44. The topological polar surface area (TPSA) is 63.2 Å². The van der Waals surface area contributed by atoms with E-state index < -0.39 is 0 Å². The largest absolute Gasteiger partial charge is 0.497 e. The number of ether oxygens (including phenoxy) is 1. The van der Waals surface area contributed by atoms with Crippen molar-refractivity contribution in [3.8, 4) is 5.75 Å². The van der Waals surface area contributed by atoms with Gasteiger partial charge in [-0.05, 0) is 57.8 Å². The Morgan fingerprint density at radius 2 is 1.60 bits per heavy atom. The van der Waals surface area contributed by atoms with Gasteiger partial charge in [-0.15, -0.1) is 0 Å². The third kappa shape index (κ3) is 4.58. The molecule has 0 saturated carbocycles. The molecule has 1 atom stereocenters. The van der Waals surface area contributed by atoms with Gasteiger partial charge in [0.05, 0.1) is 13.2 Å². The summed E-state index contributed by atoms with van der Waals surface area (Å²) in [6.45, 7) is 0.436. The number of fused-ring (bicyclic) bond motifs is 1. The molecule has 0 radical (unpaired) electrons. The van der Waals surface area contributed by atoms with E-state index >= 15 is 0 Å². The van der Waals surface area contributed by atoms with E-state index in [2.05, 4.69) is 21.7 Å². The molecule has 1 heterocycles. The van der Waals surface area contributed by atoms with Crippen LogP contribution < -0.4 is 15.4 Å². The maximum absolute atomic E-state index is 12.7. The number of nitrogens with zero attached hydrogens (tertiary/aromatic N) is 1. The number of aromatic nitrogens is 1. The number of pyridine rings is 1. The third-order valence-corrected chi connectivity index (χ3v) is 5.01. The Balaban J connectivity index is 1.45. The lowest BCUT2D eigenvalue weighted by molar-refractivity contribution is 0.238. The van der Waals surface area contributed by atoms with Crippen molar-refractivity contribution in [1.29, 1.82) is 0 Å². The van der Waals surface area contributed by atoms with Crippen molar-refractivity contribution in [2.24, 2.45) is 0 Å². The average Bonchev–Trinajstić information content (AvgIpc) is 2.82. The first-order valence-corrected chi connectivity index (χ1v) is 9.79. The van der Waals surface area contributed by atoms with Gasteiger partial charge < -0.3 is 15.4 Å². The maximum Gasteiger partial charge on any atom is 0.315 e. The van der Waals surface area contributed by atoms with Gasteiger partial charge in [-0.3, -0.25) is 4.98 Å².